The van der Waals surface area contributed by atoms with E-state index in [1.165, 1.54) is 30.6 Å². The summed E-state index contributed by atoms with van der Waals surface area (Å²) in [5, 5.41) is 24.3. The highest BCUT2D eigenvalue weighted by molar-refractivity contribution is 7.10. The predicted molar refractivity (Wildman–Crippen MR) is 149 cm³/mol. The van der Waals surface area contributed by atoms with Crippen LogP contribution in [0.3, 0.4) is 0 Å². The number of carbonyl (C=O) groups excluding carboxylic acids is 3. The van der Waals surface area contributed by atoms with Gasteiger partial charge in [-0.25, -0.2) is 0 Å². The lowest BCUT2D eigenvalue weighted by atomic mass is 9.65. The van der Waals surface area contributed by atoms with Gasteiger partial charge in [-0.1, -0.05) is 6.07 Å². The molecule has 13 nitrogen and oxygen atoms in total. The first-order chi connectivity index (χ1) is 21.8. The number of cyclic esters (lactones) is 1. The van der Waals surface area contributed by atoms with Crippen LogP contribution in [0.25, 0.3) is 0 Å². The molecule has 236 valence electrons. The lowest BCUT2D eigenvalue weighted by molar-refractivity contribution is -0.368. The third-order valence-electron chi connectivity index (χ3n) is 9.13. The van der Waals surface area contributed by atoms with Crippen molar-refractivity contribution in [3.05, 3.63) is 69.1 Å². The smallest absolute Gasteiger partial charge is 0.310 e. The quantitative estimate of drug-likeness (QED) is 0.275. The molecule has 0 saturated carbocycles. The van der Waals surface area contributed by atoms with Gasteiger partial charge in [-0.2, -0.15) is 0 Å². The van der Waals surface area contributed by atoms with Crippen molar-refractivity contribution < 1.29 is 62.5 Å². The number of esters is 1. The van der Waals surface area contributed by atoms with E-state index in [2.05, 4.69) is 0 Å². The molecular formula is C31H28O13S. The van der Waals surface area contributed by atoms with Crippen LogP contribution < -0.4 is 9.47 Å². The molecule has 1 aromatic carbocycles. The number of ketones is 2. The second-order valence-electron chi connectivity index (χ2n) is 11.5. The predicted octanol–water partition coefficient (Wildman–Crippen LogP) is 1.59. The first kappa shape index (κ1) is 28.8. The van der Waals surface area contributed by atoms with E-state index in [0.717, 1.165) is 4.88 Å². The van der Waals surface area contributed by atoms with Gasteiger partial charge in [-0.15, -0.1) is 11.3 Å². The van der Waals surface area contributed by atoms with Gasteiger partial charge in [0.25, 0.3) is 5.78 Å². The van der Waals surface area contributed by atoms with E-state index in [4.69, 9.17) is 37.9 Å². The van der Waals surface area contributed by atoms with Crippen LogP contribution in [-0.4, -0.2) is 85.6 Å². The van der Waals surface area contributed by atoms with Gasteiger partial charge in [0.1, 0.15) is 24.4 Å². The highest BCUT2D eigenvalue weighted by Crippen LogP contribution is 2.56. The fraction of sp³-hybridized carbons (Fsp3) is 0.452. The third-order valence-corrected chi connectivity index (χ3v) is 10.0. The average molecular weight is 641 g/mol. The Balaban J connectivity index is 1.15. The van der Waals surface area contributed by atoms with Gasteiger partial charge in [0.15, 0.2) is 29.8 Å². The Morgan fingerprint density at radius 2 is 1.76 bits per heavy atom. The standard InChI is InChI=1S/C31H28O13S/c1-37-19-6-12(5-16(32)24(19)33)22-13-7-17-18(41-11-40-17)8-14(13)27(15-9-38-29(36)23(15)22)43-31-26(35)25(34)28-20(42-31)10-39-30(44-28)21-3-2-4-45-21/h2-8,15,20,22-23,25-28,30-31,34-35H,9-11H2,1H3/t15-,20+,22+,23-,25+,26+,27+,28+,30+,31-/m0/s1. The molecule has 6 aliphatic rings. The molecule has 3 fully saturated rings. The van der Waals surface area contributed by atoms with Crippen molar-refractivity contribution in [1.29, 1.82) is 0 Å². The number of benzene rings is 1. The zero-order valence-electron chi connectivity index (χ0n) is 23.7. The maximum absolute atomic E-state index is 13.4. The van der Waals surface area contributed by atoms with Crippen molar-refractivity contribution in [3.63, 3.8) is 0 Å². The summed E-state index contributed by atoms with van der Waals surface area (Å²) in [5.41, 5.74) is 1.56. The van der Waals surface area contributed by atoms with Crippen molar-refractivity contribution in [2.45, 2.75) is 49.0 Å². The Hall–Kier alpha value is -3.63. The molecule has 0 spiro atoms. The molecule has 2 aromatic rings. The van der Waals surface area contributed by atoms with E-state index in [0.29, 0.717) is 28.2 Å². The minimum Gasteiger partial charge on any atom is -0.492 e. The Labute approximate surface area is 259 Å². The van der Waals surface area contributed by atoms with Crippen LogP contribution in [-0.2, 0) is 42.8 Å². The average Bonchev–Trinajstić information content (AvgIpc) is 3.82. The molecule has 45 heavy (non-hydrogen) atoms. The minimum atomic E-state index is -1.50. The molecule has 2 N–H and O–H groups in total. The van der Waals surface area contributed by atoms with Crippen LogP contribution in [0.1, 0.15) is 34.3 Å². The van der Waals surface area contributed by atoms with Gasteiger partial charge in [0.2, 0.25) is 12.6 Å². The van der Waals surface area contributed by atoms with Gasteiger partial charge in [0, 0.05) is 11.8 Å². The minimum absolute atomic E-state index is 0.0150. The monoisotopic (exact) mass is 640 g/mol. The second kappa shape index (κ2) is 11.0. The molecule has 2 aliphatic carbocycles. The Kier molecular flexibility index (Phi) is 7.05. The van der Waals surface area contributed by atoms with Gasteiger partial charge in [-0.05, 0) is 52.4 Å². The van der Waals surface area contributed by atoms with Crippen LogP contribution in [0.2, 0.25) is 0 Å². The Morgan fingerprint density at radius 3 is 2.51 bits per heavy atom. The van der Waals surface area contributed by atoms with Gasteiger partial charge in [0.05, 0.1) is 37.2 Å². The maximum atomic E-state index is 13.4. The zero-order chi connectivity index (χ0) is 31.0. The van der Waals surface area contributed by atoms with Crippen LogP contribution in [0, 0.1) is 11.8 Å². The van der Waals surface area contributed by atoms with E-state index in [1.54, 1.807) is 12.1 Å². The first-order valence-electron chi connectivity index (χ1n) is 14.5. The lowest BCUT2D eigenvalue weighted by Crippen LogP contribution is -2.62. The first-order valence-corrected chi connectivity index (χ1v) is 15.3. The molecule has 3 saturated heterocycles. The summed E-state index contributed by atoms with van der Waals surface area (Å²) in [6, 6.07) is 7.18. The van der Waals surface area contributed by atoms with Gasteiger partial charge < -0.3 is 48.1 Å². The number of ether oxygens (including phenoxy) is 8. The zero-order valence-corrected chi connectivity index (χ0v) is 24.5. The summed E-state index contributed by atoms with van der Waals surface area (Å²) in [6.07, 6.45) is -4.71. The fourth-order valence-electron chi connectivity index (χ4n) is 7.02. The summed E-state index contributed by atoms with van der Waals surface area (Å²) in [6.45, 7) is 0.0478. The normalized spacial score (nSPS) is 36.8. The van der Waals surface area contributed by atoms with Gasteiger partial charge in [-0.3, -0.25) is 14.4 Å². The molecule has 8 rings (SSSR count). The van der Waals surface area contributed by atoms with Crippen LogP contribution >= 0.6 is 11.3 Å². The second-order valence-corrected chi connectivity index (χ2v) is 12.5. The molecule has 0 unspecified atom stereocenters. The Morgan fingerprint density at radius 1 is 0.956 bits per heavy atom. The lowest BCUT2D eigenvalue weighted by Gasteiger charge is -2.48. The summed E-state index contributed by atoms with van der Waals surface area (Å²) in [5.74, 6) is -3.49. The largest absolute Gasteiger partial charge is 0.492 e. The summed E-state index contributed by atoms with van der Waals surface area (Å²) >= 11 is 1.45. The number of fused-ring (bicyclic) bond motifs is 4. The van der Waals surface area contributed by atoms with Crippen LogP contribution in [0.4, 0.5) is 0 Å². The molecule has 0 amide bonds. The van der Waals surface area contributed by atoms with E-state index >= 15 is 0 Å². The van der Waals surface area contributed by atoms with E-state index < -0.39 is 78.4 Å². The number of hydrogen-bond donors (Lipinski definition) is 2. The van der Waals surface area contributed by atoms with Crippen molar-refractivity contribution >= 4 is 28.9 Å². The number of hydrogen-bond acceptors (Lipinski definition) is 14. The third kappa shape index (κ3) is 4.62. The number of aliphatic hydroxyl groups excluding tert-OH is 2. The van der Waals surface area contributed by atoms with E-state index in [1.807, 2.05) is 17.5 Å². The molecule has 4 aliphatic heterocycles. The van der Waals surface area contributed by atoms with Crippen LogP contribution in [0.15, 0.2) is 53.1 Å². The highest BCUT2D eigenvalue weighted by Gasteiger charge is 2.56. The number of aliphatic hydroxyl groups is 2. The topological polar surface area (TPSA) is 166 Å². The van der Waals surface area contributed by atoms with E-state index in [9.17, 15) is 24.6 Å². The molecule has 5 heterocycles. The van der Waals surface area contributed by atoms with Crippen molar-refractivity contribution in [3.8, 4) is 11.5 Å². The Bertz CT molecular complexity index is 1610. The van der Waals surface area contributed by atoms with E-state index in [-0.39, 0.29) is 25.8 Å². The van der Waals surface area contributed by atoms with Crippen molar-refractivity contribution in [2.24, 2.45) is 11.8 Å². The van der Waals surface area contributed by atoms with Gasteiger partial charge >= 0.3 is 5.97 Å². The van der Waals surface area contributed by atoms with Crippen molar-refractivity contribution in [2.75, 3.05) is 27.1 Å². The molecular weight excluding hydrogens is 612 g/mol. The molecule has 0 bridgehead atoms. The number of carbonyl (C=O) groups is 3. The number of methoxy groups -OCH3 is 1. The molecule has 10 atom stereocenters. The SMILES string of the molecule is COC1=CC([C@@H]2c3cc4c(cc3[C@@H](O[C@@H]3O[C@@H]5CO[C@@H](c6cccs6)O[C@H]5[C@H](O)[C@H]3O)[C@H]3COC(=O)[C@@H]32)OCO4)=CC(=O)C1=O. The molecule has 0 radical (unpaired) electrons. The fourth-order valence-corrected chi connectivity index (χ4v) is 7.72. The van der Waals surface area contributed by atoms with Crippen molar-refractivity contribution in [1.82, 2.24) is 0 Å². The summed E-state index contributed by atoms with van der Waals surface area (Å²) < 4.78 is 46.5. The maximum Gasteiger partial charge on any atom is 0.310 e. The summed E-state index contributed by atoms with van der Waals surface area (Å²) in [7, 11) is 1.29. The number of Topliss-reactive ketones (excluding diaryl/α,β-unsaturated/α-hetero) is 1. The number of rotatable bonds is 5. The molecule has 1 aromatic heterocycles. The number of thiophene rings is 1. The summed E-state index contributed by atoms with van der Waals surface area (Å²) in [4.78, 5) is 39.2. The highest BCUT2D eigenvalue weighted by atomic mass is 32.1. The van der Waals surface area contributed by atoms with Crippen LogP contribution in [0.5, 0.6) is 11.5 Å². The molecule has 14 heteroatoms. The number of allylic oxidation sites excluding steroid dienone is 4.